The monoisotopic (exact) mass is 308 g/mol. The van der Waals surface area contributed by atoms with Crippen LogP contribution in [0.4, 0.5) is 11.5 Å². The smallest absolute Gasteiger partial charge is 0.171 e. The average molecular weight is 310 g/mol. The molecule has 0 atom stereocenters. The van der Waals surface area contributed by atoms with Crippen molar-refractivity contribution in [2.45, 2.75) is 0 Å². The van der Waals surface area contributed by atoms with Crippen LogP contribution in [0.2, 0.25) is 5.02 Å². The lowest BCUT2D eigenvalue weighted by atomic mass is 10.3. The second-order valence-electron chi connectivity index (χ2n) is 3.13. The van der Waals surface area contributed by atoms with Gasteiger partial charge in [0.05, 0.1) is 26.9 Å². The molecule has 1 heterocycles. The molecule has 0 unspecified atom stereocenters. The Hall–Kier alpha value is -1.64. The molecule has 6 heteroatoms. The van der Waals surface area contributed by atoms with E-state index in [1.807, 2.05) is 12.1 Å². The topological polar surface area (TPSA) is 61.6 Å². The molecular weight excluding hydrogens is 304 g/mol. The predicted molar refractivity (Wildman–Crippen MR) is 69.2 cm³/mol. The van der Waals surface area contributed by atoms with Gasteiger partial charge in [0.1, 0.15) is 6.07 Å². The molecule has 0 aliphatic carbocycles. The van der Waals surface area contributed by atoms with Crippen LogP contribution in [0.25, 0.3) is 0 Å². The summed E-state index contributed by atoms with van der Waals surface area (Å²) >= 11 is 9.32. The van der Waals surface area contributed by atoms with Crippen LogP contribution in [0.1, 0.15) is 5.56 Å². The normalized spacial score (nSPS) is 9.71. The molecule has 0 fully saturated rings. The lowest BCUT2D eigenvalue weighted by molar-refractivity contribution is 1.03. The number of benzene rings is 1. The highest BCUT2D eigenvalue weighted by Crippen LogP contribution is 2.32. The quantitative estimate of drug-likeness (QED) is 0.922. The highest BCUT2D eigenvalue weighted by molar-refractivity contribution is 9.10. The SMILES string of the molecule is N#Cc1ccnnc1Nc1cccc(Cl)c1Br. The third-order valence-corrected chi connectivity index (χ3v) is 3.44. The Morgan fingerprint density at radius 3 is 2.94 bits per heavy atom. The Balaban J connectivity index is 2.39. The molecule has 1 aromatic carbocycles. The summed E-state index contributed by atoms with van der Waals surface area (Å²) in [5, 5.41) is 20.1. The van der Waals surface area contributed by atoms with E-state index in [1.54, 1.807) is 18.2 Å². The summed E-state index contributed by atoms with van der Waals surface area (Å²) in [5.41, 5.74) is 1.15. The maximum atomic E-state index is 8.92. The van der Waals surface area contributed by atoms with Crippen molar-refractivity contribution in [3.8, 4) is 6.07 Å². The van der Waals surface area contributed by atoms with Crippen LogP contribution in [0, 0.1) is 11.3 Å². The number of nitrogens with zero attached hydrogens (tertiary/aromatic N) is 3. The van der Waals surface area contributed by atoms with Crippen LogP contribution in [-0.2, 0) is 0 Å². The molecule has 0 spiro atoms. The maximum absolute atomic E-state index is 8.92. The molecule has 0 saturated heterocycles. The van der Waals surface area contributed by atoms with E-state index >= 15 is 0 Å². The van der Waals surface area contributed by atoms with Crippen LogP contribution in [-0.4, -0.2) is 10.2 Å². The number of halogens is 2. The Kier molecular flexibility index (Phi) is 3.57. The summed E-state index contributed by atoms with van der Waals surface area (Å²) in [6, 6.07) is 9.02. The van der Waals surface area contributed by atoms with Crippen LogP contribution in [0.5, 0.6) is 0 Å². The van der Waals surface area contributed by atoms with Crippen LogP contribution >= 0.6 is 27.5 Å². The van der Waals surface area contributed by atoms with E-state index in [1.165, 1.54) is 6.20 Å². The number of hydrogen-bond donors (Lipinski definition) is 1. The first kappa shape index (κ1) is 11.8. The van der Waals surface area contributed by atoms with Crippen LogP contribution in [0.15, 0.2) is 34.9 Å². The van der Waals surface area contributed by atoms with Gasteiger partial charge in [-0.1, -0.05) is 17.7 Å². The standard InChI is InChI=1S/C11H6BrClN4/c12-10-8(13)2-1-3-9(10)16-11-7(6-14)4-5-15-17-11/h1-5H,(H,16,17). The minimum atomic E-state index is 0.401. The molecule has 0 amide bonds. The van der Waals surface area contributed by atoms with Gasteiger partial charge >= 0.3 is 0 Å². The minimum Gasteiger partial charge on any atom is -0.337 e. The second kappa shape index (κ2) is 5.13. The molecule has 84 valence electrons. The Bertz CT molecular complexity index is 594. The summed E-state index contributed by atoms with van der Waals surface area (Å²) in [7, 11) is 0. The number of nitriles is 1. The second-order valence-corrected chi connectivity index (χ2v) is 4.33. The third-order valence-electron chi connectivity index (χ3n) is 2.05. The van der Waals surface area contributed by atoms with E-state index in [9.17, 15) is 0 Å². The highest BCUT2D eigenvalue weighted by atomic mass is 79.9. The van der Waals surface area contributed by atoms with Crippen molar-refractivity contribution >= 4 is 39.0 Å². The average Bonchev–Trinajstić information content (AvgIpc) is 2.35. The number of anilines is 2. The van der Waals surface area contributed by atoms with Gasteiger partial charge in [0.25, 0.3) is 0 Å². The first-order valence-electron chi connectivity index (χ1n) is 4.65. The molecule has 1 aromatic heterocycles. The summed E-state index contributed by atoms with van der Waals surface area (Å²) in [4.78, 5) is 0. The lowest BCUT2D eigenvalue weighted by Crippen LogP contribution is -1.98. The van der Waals surface area contributed by atoms with Crippen LogP contribution in [0.3, 0.4) is 0 Å². The van der Waals surface area contributed by atoms with Gasteiger partial charge in [-0.2, -0.15) is 10.4 Å². The summed E-state index contributed by atoms with van der Waals surface area (Å²) in [5.74, 6) is 0.401. The molecule has 2 rings (SSSR count). The molecule has 0 aliphatic heterocycles. The minimum absolute atomic E-state index is 0.401. The summed E-state index contributed by atoms with van der Waals surface area (Å²) in [6.45, 7) is 0. The van der Waals surface area contributed by atoms with Gasteiger partial charge in [0.2, 0.25) is 0 Å². The first-order valence-corrected chi connectivity index (χ1v) is 5.82. The van der Waals surface area contributed by atoms with Crippen molar-refractivity contribution in [1.29, 1.82) is 5.26 Å². The fraction of sp³-hybridized carbons (Fsp3) is 0. The Morgan fingerprint density at radius 2 is 2.18 bits per heavy atom. The van der Waals surface area contributed by atoms with Crippen molar-refractivity contribution in [1.82, 2.24) is 10.2 Å². The molecule has 0 radical (unpaired) electrons. The largest absolute Gasteiger partial charge is 0.337 e. The third kappa shape index (κ3) is 2.54. The molecule has 1 N–H and O–H groups in total. The first-order chi connectivity index (χ1) is 8.22. The number of rotatable bonds is 2. The molecule has 4 nitrogen and oxygen atoms in total. The molecule has 2 aromatic rings. The number of nitrogens with one attached hydrogen (secondary N) is 1. The van der Waals surface area contributed by atoms with E-state index in [4.69, 9.17) is 16.9 Å². The van der Waals surface area contributed by atoms with Gasteiger partial charge < -0.3 is 5.32 Å². The fourth-order valence-electron chi connectivity index (χ4n) is 1.24. The van der Waals surface area contributed by atoms with Gasteiger partial charge in [0.15, 0.2) is 5.82 Å². The van der Waals surface area contributed by atoms with Crippen molar-refractivity contribution in [3.63, 3.8) is 0 Å². The van der Waals surface area contributed by atoms with E-state index in [2.05, 4.69) is 31.4 Å². The van der Waals surface area contributed by atoms with Gasteiger partial charge in [-0.3, -0.25) is 0 Å². The van der Waals surface area contributed by atoms with E-state index < -0.39 is 0 Å². The van der Waals surface area contributed by atoms with Gasteiger partial charge in [-0.25, -0.2) is 0 Å². The zero-order valence-corrected chi connectivity index (χ0v) is 10.8. The maximum Gasteiger partial charge on any atom is 0.171 e. The van der Waals surface area contributed by atoms with E-state index in [0.29, 0.717) is 16.4 Å². The van der Waals surface area contributed by atoms with E-state index in [0.717, 1.165) is 10.2 Å². The van der Waals surface area contributed by atoms with Crippen molar-refractivity contribution in [2.24, 2.45) is 0 Å². The zero-order chi connectivity index (χ0) is 12.3. The summed E-state index contributed by atoms with van der Waals surface area (Å²) in [6.07, 6.45) is 1.47. The summed E-state index contributed by atoms with van der Waals surface area (Å²) < 4.78 is 0.719. The van der Waals surface area contributed by atoms with Crippen molar-refractivity contribution in [3.05, 3.63) is 45.5 Å². The number of aromatic nitrogens is 2. The Morgan fingerprint density at radius 1 is 1.35 bits per heavy atom. The van der Waals surface area contributed by atoms with Crippen molar-refractivity contribution < 1.29 is 0 Å². The zero-order valence-electron chi connectivity index (χ0n) is 8.48. The predicted octanol–water partition coefficient (Wildman–Crippen LogP) is 3.51. The van der Waals surface area contributed by atoms with Gasteiger partial charge in [-0.05, 0) is 34.1 Å². The Labute approximate surface area is 111 Å². The fourth-order valence-corrected chi connectivity index (χ4v) is 1.78. The van der Waals surface area contributed by atoms with Gasteiger partial charge in [-0.15, -0.1) is 5.10 Å². The number of hydrogen-bond acceptors (Lipinski definition) is 4. The van der Waals surface area contributed by atoms with Crippen molar-refractivity contribution in [2.75, 3.05) is 5.32 Å². The molecule has 0 aliphatic rings. The molecular formula is C11H6BrClN4. The molecule has 0 bridgehead atoms. The lowest BCUT2D eigenvalue weighted by Gasteiger charge is -2.08. The van der Waals surface area contributed by atoms with E-state index in [-0.39, 0.29) is 0 Å². The molecule has 17 heavy (non-hydrogen) atoms. The van der Waals surface area contributed by atoms with Crippen LogP contribution < -0.4 is 5.32 Å². The molecule has 0 saturated carbocycles. The highest BCUT2D eigenvalue weighted by Gasteiger charge is 2.08. The van der Waals surface area contributed by atoms with Gasteiger partial charge in [0, 0.05) is 0 Å².